The Bertz CT molecular complexity index is 1120. The van der Waals surface area contributed by atoms with Gasteiger partial charge in [-0.1, -0.05) is 42.5 Å². The minimum atomic E-state index is -0.373. The third-order valence-corrected chi connectivity index (χ3v) is 6.72. The molecule has 3 aromatic rings. The summed E-state index contributed by atoms with van der Waals surface area (Å²) in [5, 5.41) is 14.6. The van der Waals surface area contributed by atoms with Gasteiger partial charge >= 0.3 is 0 Å². The fourth-order valence-electron chi connectivity index (χ4n) is 4.08. The van der Waals surface area contributed by atoms with Crippen LogP contribution in [0.25, 0.3) is 0 Å². The van der Waals surface area contributed by atoms with E-state index in [1.165, 1.54) is 24.2 Å². The lowest BCUT2D eigenvalue weighted by Crippen LogP contribution is -2.36. The van der Waals surface area contributed by atoms with Crippen LogP contribution < -0.4 is 15.4 Å². The van der Waals surface area contributed by atoms with E-state index in [0.717, 1.165) is 37.7 Å². The molecule has 0 spiro atoms. The molecule has 1 aliphatic rings. The average Bonchev–Trinajstić information content (AvgIpc) is 3.35. The van der Waals surface area contributed by atoms with Gasteiger partial charge in [0, 0.05) is 24.3 Å². The van der Waals surface area contributed by atoms with Crippen molar-refractivity contribution in [3.05, 3.63) is 70.2 Å². The Morgan fingerprint density at radius 2 is 1.97 bits per heavy atom. The number of benzene rings is 2. The molecule has 1 aromatic heterocycles. The fraction of sp³-hybridized carbons (Fsp3) is 0.385. The van der Waals surface area contributed by atoms with Crippen molar-refractivity contribution < 1.29 is 14.3 Å². The van der Waals surface area contributed by atoms with Gasteiger partial charge in [-0.3, -0.25) is 9.59 Å². The molecule has 8 nitrogen and oxygen atoms in total. The van der Waals surface area contributed by atoms with Crippen molar-refractivity contribution in [1.82, 2.24) is 20.4 Å². The number of nitrogens with one attached hydrogen (secondary N) is 2. The van der Waals surface area contributed by atoms with E-state index in [1.807, 2.05) is 30.3 Å². The van der Waals surface area contributed by atoms with Gasteiger partial charge in [-0.2, -0.15) is 0 Å². The van der Waals surface area contributed by atoms with Crippen LogP contribution in [0.4, 0.5) is 5.69 Å². The highest BCUT2D eigenvalue weighted by atomic mass is 32.1. The Morgan fingerprint density at radius 1 is 1.11 bits per heavy atom. The Hall–Kier alpha value is -3.30. The normalized spacial score (nSPS) is 16.0. The summed E-state index contributed by atoms with van der Waals surface area (Å²) >= 11 is 1.17. The molecule has 2 aromatic carbocycles. The second-order valence-corrected chi connectivity index (χ2v) is 9.86. The lowest BCUT2D eigenvalue weighted by atomic mass is 10.0. The maximum atomic E-state index is 12.6. The number of carbonyl (C=O) groups excluding carboxylic acids is 2. The summed E-state index contributed by atoms with van der Waals surface area (Å²) < 4.78 is 5.65. The number of para-hydroxylation sites is 1. The highest BCUT2D eigenvalue weighted by Crippen LogP contribution is 2.18. The molecule has 2 heterocycles. The van der Waals surface area contributed by atoms with E-state index < -0.39 is 0 Å². The summed E-state index contributed by atoms with van der Waals surface area (Å²) in [7, 11) is 0. The topological polar surface area (TPSA) is 96.5 Å². The molecule has 184 valence electrons. The van der Waals surface area contributed by atoms with Crippen molar-refractivity contribution in [3.63, 3.8) is 0 Å². The highest BCUT2D eigenvalue weighted by Gasteiger charge is 2.16. The summed E-state index contributed by atoms with van der Waals surface area (Å²) in [4.78, 5) is 27.7. The second-order valence-electron chi connectivity index (χ2n) is 8.80. The lowest BCUT2D eigenvalue weighted by molar-refractivity contribution is 0.0948. The summed E-state index contributed by atoms with van der Waals surface area (Å²) in [6.07, 6.45) is 3.48. The highest BCUT2D eigenvalue weighted by molar-refractivity contribution is 7.13. The van der Waals surface area contributed by atoms with Gasteiger partial charge < -0.3 is 20.3 Å². The van der Waals surface area contributed by atoms with Gasteiger partial charge in [-0.05, 0) is 68.6 Å². The van der Waals surface area contributed by atoms with Crippen molar-refractivity contribution in [2.24, 2.45) is 5.92 Å². The number of rotatable bonds is 10. The van der Waals surface area contributed by atoms with Crippen molar-refractivity contribution in [2.45, 2.75) is 32.8 Å². The van der Waals surface area contributed by atoms with Crippen LogP contribution in [0.15, 0.2) is 54.6 Å². The van der Waals surface area contributed by atoms with Gasteiger partial charge in [0.05, 0.1) is 0 Å². The minimum Gasteiger partial charge on any atom is -0.486 e. The van der Waals surface area contributed by atoms with Crippen LogP contribution in [0.3, 0.4) is 0 Å². The summed E-state index contributed by atoms with van der Waals surface area (Å²) in [5.41, 5.74) is 1.03. The standard InChI is InChI=1S/C26H31N5O3S/c1-19-8-6-14-31(17-19)15-7-13-27-24(32)20-9-5-10-21(16-20)28-25(33)26-30-29-23(35-26)18-34-22-11-3-2-4-12-22/h2-5,9-12,16,19H,6-8,13-15,17-18H2,1H3,(H,27,32)(H,28,33). The van der Waals surface area contributed by atoms with Gasteiger partial charge in [0.15, 0.2) is 5.01 Å². The first kappa shape index (κ1) is 24.8. The molecule has 1 saturated heterocycles. The predicted molar refractivity (Wildman–Crippen MR) is 137 cm³/mol. The van der Waals surface area contributed by atoms with Crippen LogP contribution in [0.2, 0.25) is 0 Å². The van der Waals surface area contributed by atoms with Crippen molar-refractivity contribution in [2.75, 3.05) is 31.5 Å². The molecule has 2 amide bonds. The number of hydrogen-bond donors (Lipinski definition) is 2. The zero-order chi connectivity index (χ0) is 24.5. The van der Waals surface area contributed by atoms with Crippen LogP contribution in [-0.4, -0.2) is 53.1 Å². The van der Waals surface area contributed by atoms with Crippen molar-refractivity contribution >= 4 is 28.8 Å². The Labute approximate surface area is 209 Å². The number of anilines is 1. The molecule has 1 aliphatic heterocycles. The van der Waals surface area contributed by atoms with Crippen LogP contribution in [0, 0.1) is 5.92 Å². The smallest absolute Gasteiger partial charge is 0.286 e. The van der Waals surface area contributed by atoms with Crippen LogP contribution in [-0.2, 0) is 6.61 Å². The quantitative estimate of drug-likeness (QED) is 0.411. The molecule has 0 bridgehead atoms. The van der Waals surface area contributed by atoms with E-state index in [4.69, 9.17) is 4.74 Å². The van der Waals surface area contributed by atoms with E-state index in [-0.39, 0.29) is 23.4 Å². The van der Waals surface area contributed by atoms with Crippen molar-refractivity contribution in [1.29, 1.82) is 0 Å². The molecule has 4 rings (SSSR count). The lowest BCUT2D eigenvalue weighted by Gasteiger charge is -2.30. The molecular weight excluding hydrogens is 462 g/mol. The first-order valence-corrected chi connectivity index (χ1v) is 12.8. The predicted octanol–water partition coefficient (Wildman–Crippen LogP) is 4.22. The molecule has 1 fully saturated rings. The Kier molecular flexibility index (Phi) is 8.80. The largest absolute Gasteiger partial charge is 0.486 e. The molecule has 0 radical (unpaired) electrons. The number of piperidine rings is 1. The first-order valence-electron chi connectivity index (χ1n) is 12.0. The van der Waals surface area contributed by atoms with Crippen LogP contribution in [0.1, 0.15) is 51.4 Å². The number of amides is 2. The van der Waals surface area contributed by atoms with E-state index in [9.17, 15) is 9.59 Å². The zero-order valence-corrected chi connectivity index (χ0v) is 20.7. The van der Waals surface area contributed by atoms with Crippen molar-refractivity contribution in [3.8, 4) is 5.75 Å². The fourth-order valence-corrected chi connectivity index (χ4v) is 4.73. The van der Waals surface area contributed by atoms with Gasteiger partial charge in [-0.15, -0.1) is 10.2 Å². The monoisotopic (exact) mass is 493 g/mol. The van der Waals surface area contributed by atoms with Gasteiger partial charge in [0.2, 0.25) is 5.01 Å². The molecule has 35 heavy (non-hydrogen) atoms. The SMILES string of the molecule is CC1CCCN(CCCNC(=O)c2cccc(NC(=O)c3nnc(COc4ccccc4)s3)c2)C1. The van der Waals surface area contributed by atoms with E-state index in [1.54, 1.807) is 24.3 Å². The summed E-state index contributed by atoms with van der Waals surface area (Å²) in [6, 6.07) is 16.3. The van der Waals surface area contributed by atoms with E-state index in [0.29, 0.717) is 22.8 Å². The number of likely N-dealkylation sites (tertiary alicyclic amines) is 1. The number of carbonyl (C=O) groups is 2. The summed E-state index contributed by atoms with van der Waals surface area (Å²) in [6.45, 7) is 6.45. The average molecular weight is 494 g/mol. The summed E-state index contributed by atoms with van der Waals surface area (Å²) in [5.74, 6) is 0.960. The second kappa shape index (κ2) is 12.4. The number of ether oxygens (including phenoxy) is 1. The third kappa shape index (κ3) is 7.60. The molecule has 0 aliphatic carbocycles. The number of hydrogen-bond acceptors (Lipinski definition) is 7. The Balaban J connectivity index is 1.23. The van der Waals surface area contributed by atoms with Gasteiger partial charge in [0.25, 0.3) is 11.8 Å². The third-order valence-electron chi connectivity index (χ3n) is 5.83. The van der Waals surface area contributed by atoms with Gasteiger partial charge in [-0.25, -0.2) is 0 Å². The zero-order valence-electron chi connectivity index (χ0n) is 19.9. The number of aromatic nitrogens is 2. The van der Waals surface area contributed by atoms with E-state index >= 15 is 0 Å². The molecule has 2 N–H and O–H groups in total. The minimum absolute atomic E-state index is 0.149. The molecule has 9 heteroatoms. The van der Waals surface area contributed by atoms with Gasteiger partial charge in [0.1, 0.15) is 12.4 Å². The molecular formula is C26H31N5O3S. The van der Waals surface area contributed by atoms with Crippen LogP contribution in [0.5, 0.6) is 5.75 Å². The van der Waals surface area contributed by atoms with E-state index in [2.05, 4.69) is 32.7 Å². The molecule has 1 atom stereocenters. The first-order chi connectivity index (χ1) is 17.1. The molecule has 1 unspecified atom stereocenters. The molecule has 0 saturated carbocycles. The Morgan fingerprint density at radius 3 is 2.80 bits per heavy atom. The maximum absolute atomic E-state index is 12.6. The maximum Gasteiger partial charge on any atom is 0.286 e. The number of nitrogens with zero attached hydrogens (tertiary/aromatic N) is 3. The van der Waals surface area contributed by atoms with Crippen LogP contribution >= 0.6 is 11.3 Å².